The van der Waals surface area contributed by atoms with Crippen molar-refractivity contribution in [1.82, 2.24) is 4.98 Å². The first-order chi connectivity index (χ1) is 11.0. The Balaban J connectivity index is 1.59. The molecule has 0 saturated heterocycles. The molecule has 1 aliphatic carbocycles. The number of nitro groups is 1. The Labute approximate surface area is 140 Å². The van der Waals surface area contributed by atoms with E-state index in [9.17, 15) is 14.9 Å². The standard InChI is InChI=1S/C15H12BrN3O4/c16-9-2-1-3-11(6-9)23-14-5-4-10(8-17-14)18-15(20)12-7-13(12)19(21)22/h1-6,8,12-13H,7H2,(H,18,20)/t12-,13+/m0/s1. The van der Waals surface area contributed by atoms with E-state index in [1.54, 1.807) is 18.2 Å². The molecule has 2 atom stereocenters. The normalized spacial score (nSPS) is 19.0. The molecule has 1 heterocycles. The molecule has 23 heavy (non-hydrogen) atoms. The van der Waals surface area contributed by atoms with Crippen molar-refractivity contribution in [3.63, 3.8) is 0 Å². The van der Waals surface area contributed by atoms with Gasteiger partial charge in [-0.2, -0.15) is 0 Å². The van der Waals surface area contributed by atoms with Crippen LogP contribution in [0.2, 0.25) is 0 Å². The SMILES string of the molecule is O=C(Nc1ccc(Oc2cccc(Br)c2)nc1)[C@H]1C[C@H]1[N+](=O)[O-]. The zero-order valence-corrected chi connectivity index (χ0v) is 13.4. The molecule has 0 aliphatic heterocycles. The molecule has 8 heteroatoms. The van der Waals surface area contributed by atoms with E-state index in [2.05, 4.69) is 26.2 Å². The predicted molar refractivity (Wildman–Crippen MR) is 86.0 cm³/mol. The van der Waals surface area contributed by atoms with Crippen molar-refractivity contribution < 1.29 is 14.5 Å². The Kier molecular flexibility index (Phi) is 4.24. The number of hydrogen-bond acceptors (Lipinski definition) is 5. The lowest BCUT2D eigenvalue weighted by molar-refractivity contribution is -0.497. The first kappa shape index (κ1) is 15.4. The summed E-state index contributed by atoms with van der Waals surface area (Å²) in [5, 5.41) is 13.2. The van der Waals surface area contributed by atoms with E-state index < -0.39 is 16.9 Å². The van der Waals surface area contributed by atoms with Crippen LogP contribution in [0, 0.1) is 16.0 Å². The molecule has 7 nitrogen and oxygen atoms in total. The molecule has 2 aromatic rings. The van der Waals surface area contributed by atoms with Crippen LogP contribution < -0.4 is 10.1 Å². The molecule has 1 aromatic carbocycles. The first-order valence-electron chi connectivity index (χ1n) is 6.87. The summed E-state index contributed by atoms with van der Waals surface area (Å²) in [7, 11) is 0. The molecule has 3 rings (SSSR count). The highest BCUT2D eigenvalue weighted by Gasteiger charge is 2.53. The van der Waals surface area contributed by atoms with Gasteiger partial charge in [-0.25, -0.2) is 4.98 Å². The summed E-state index contributed by atoms with van der Waals surface area (Å²) >= 11 is 3.35. The van der Waals surface area contributed by atoms with Crippen molar-refractivity contribution in [2.45, 2.75) is 12.5 Å². The van der Waals surface area contributed by atoms with Crippen LogP contribution in [0.1, 0.15) is 6.42 Å². The van der Waals surface area contributed by atoms with Crippen molar-refractivity contribution in [2.24, 2.45) is 5.92 Å². The lowest BCUT2D eigenvalue weighted by Crippen LogP contribution is -2.18. The Morgan fingerprint density at radius 2 is 2.22 bits per heavy atom. The fourth-order valence-corrected chi connectivity index (χ4v) is 2.48. The van der Waals surface area contributed by atoms with Gasteiger partial charge in [0, 0.05) is 21.9 Å². The number of halogens is 1. The van der Waals surface area contributed by atoms with E-state index in [4.69, 9.17) is 4.74 Å². The maximum Gasteiger partial charge on any atom is 0.234 e. The van der Waals surface area contributed by atoms with Gasteiger partial charge in [-0.05, 0) is 24.3 Å². The van der Waals surface area contributed by atoms with Crippen LogP contribution in [0.15, 0.2) is 47.1 Å². The minimum Gasteiger partial charge on any atom is -0.439 e. The second-order valence-corrected chi connectivity index (χ2v) is 6.04. The summed E-state index contributed by atoms with van der Waals surface area (Å²) in [4.78, 5) is 26.1. The van der Waals surface area contributed by atoms with Gasteiger partial charge in [0.2, 0.25) is 17.8 Å². The lowest BCUT2D eigenvalue weighted by atomic mass is 10.3. The van der Waals surface area contributed by atoms with Gasteiger partial charge >= 0.3 is 0 Å². The van der Waals surface area contributed by atoms with E-state index in [0.29, 0.717) is 17.3 Å². The second kappa shape index (κ2) is 6.33. The lowest BCUT2D eigenvalue weighted by Gasteiger charge is -2.07. The maximum atomic E-state index is 11.8. The largest absolute Gasteiger partial charge is 0.439 e. The van der Waals surface area contributed by atoms with Gasteiger partial charge in [0.25, 0.3) is 0 Å². The number of ether oxygens (including phenoxy) is 1. The van der Waals surface area contributed by atoms with Crippen molar-refractivity contribution in [2.75, 3.05) is 5.32 Å². The molecule has 0 unspecified atom stereocenters. The van der Waals surface area contributed by atoms with Crippen molar-refractivity contribution in [3.05, 3.63) is 57.2 Å². The average molecular weight is 378 g/mol. The third-order valence-corrected chi connectivity index (χ3v) is 3.88. The first-order valence-corrected chi connectivity index (χ1v) is 7.66. The highest BCUT2D eigenvalue weighted by Crippen LogP contribution is 2.34. The van der Waals surface area contributed by atoms with Gasteiger partial charge in [0.15, 0.2) is 0 Å². The number of rotatable bonds is 5. The zero-order valence-electron chi connectivity index (χ0n) is 11.8. The number of nitrogens with one attached hydrogen (secondary N) is 1. The number of carbonyl (C=O) groups is 1. The van der Waals surface area contributed by atoms with Crippen molar-refractivity contribution >= 4 is 27.5 Å². The third-order valence-electron chi connectivity index (χ3n) is 3.39. The van der Waals surface area contributed by atoms with Crippen LogP contribution in [-0.4, -0.2) is 21.9 Å². The number of pyridine rings is 1. The molecular weight excluding hydrogens is 366 g/mol. The van der Waals surface area contributed by atoms with E-state index >= 15 is 0 Å². The van der Waals surface area contributed by atoms with Crippen LogP contribution in [0.4, 0.5) is 5.69 Å². The number of benzene rings is 1. The smallest absolute Gasteiger partial charge is 0.234 e. The monoisotopic (exact) mass is 377 g/mol. The average Bonchev–Trinajstić information content (AvgIpc) is 3.30. The highest BCUT2D eigenvalue weighted by molar-refractivity contribution is 9.10. The summed E-state index contributed by atoms with van der Waals surface area (Å²) in [5.74, 6) is 0.114. The third kappa shape index (κ3) is 3.84. The summed E-state index contributed by atoms with van der Waals surface area (Å²) < 4.78 is 6.48. The fourth-order valence-electron chi connectivity index (χ4n) is 2.10. The number of hydrogen-bond donors (Lipinski definition) is 1. The van der Waals surface area contributed by atoms with Gasteiger partial charge in [0.05, 0.1) is 11.9 Å². The molecule has 1 amide bonds. The molecule has 0 radical (unpaired) electrons. The van der Waals surface area contributed by atoms with Crippen LogP contribution in [-0.2, 0) is 4.79 Å². The van der Waals surface area contributed by atoms with Crippen LogP contribution in [0.5, 0.6) is 11.6 Å². The van der Waals surface area contributed by atoms with E-state index in [0.717, 1.165) is 4.47 Å². The summed E-state index contributed by atoms with van der Waals surface area (Å²) in [6.07, 6.45) is 1.74. The maximum absolute atomic E-state index is 11.8. The summed E-state index contributed by atoms with van der Waals surface area (Å²) in [6, 6.07) is 9.83. The van der Waals surface area contributed by atoms with E-state index in [1.165, 1.54) is 6.20 Å². The Morgan fingerprint density at radius 3 is 2.83 bits per heavy atom. The summed E-state index contributed by atoms with van der Waals surface area (Å²) in [6.45, 7) is 0. The Bertz CT molecular complexity index is 751. The minimum atomic E-state index is -0.762. The number of anilines is 1. The topological polar surface area (TPSA) is 94.4 Å². The van der Waals surface area contributed by atoms with Crippen LogP contribution in [0.25, 0.3) is 0 Å². The fraction of sp³-hybridized carbons (Fsp3) is 0.200. The molecule has 1 N–H and O–H groups in total. The zero-order chi connectivity index (χ0) is 16.4. The predicted octanol–water partition coefficient (Wildman–Crippen LogP) is 3.24. The van der Waals surface area contributed by atoms with Gasteiger partial charge in [-0.1, -0.05) is 22.0 Å². The number of carbonyl (C=O) groups excluding carboxylic acids is 1. The van der Waals surface area contributed by atoms with E-state index in [-0.39, 0.29) is 12.3 Å². The molecule has 0 bridgehead atoms. The van der Waals surface area contributed by atoms with Gasteiger partial charge in [-0.15, -0.1) is 0 Å². The molecule has 1 aromatic heterocycles. The molecule has 1 fully saturated rings. The highest BCUT2D eigenvalue weighted by atomic mass is 79.9. The molecular formula is C15H12BrN3O4. The van der Waals surface area contributed by atoms with Crippen molar-refractivity contribution in [3.8, 4) is 11.6 Å². The van der Waals surface area contributed by atoms with Gasteiger partial charge in [0.1, 0.15) is 11.7 Å². The minimum absolute atomic E-state index is 0.288. The Hall–Kier alpha value is -2.48. The van der Waals surface area contributed by atoms with Crippen molar-refractivity contribution in [1.29, 1.82) is 0 Å². The van der Waals surface area contributed by atoms with Gasteiger partial charge < -0.3 is 10.1 Å². The van der Waals surface area contributed by atoms with Crippen LogP contribution in [0.3, 0.4) is 0 Å². The Morgan fingerprint density at radius 1 is 1.39 bits per heavy atom. The molecule has 1 saturated carbocycles. The number of amides is 1. The quantitative estimate of drug-likeness (QED) is 0.637. The molecule has 1 aliphatic rings. The van der Waals surface area contributed by atoms with Crippen LogP contribution >= 0.6 is 15.9 Å². The second-order valence-electron chi connectivity index (χ2n) is 5.13. The molecule has 0 spiro atoms. The van der Waals surface area contributed by atoms with E-state index in [1.807, 2.05) is 18.2 Å². The summed E-state index contributed by atoms with van der Waals surface area (Å²) in [5.41, 5.74) is 0.477. The number of aromatic nitrogens is 1. The van der Waals surface area contributed by atoms with Gasteiger partial charge in [-0.3, -0.25) is 14.9 Å². The number of nitrogens with zero attached hydrogens (tertiary/aromatic N) is 2. The molecule has 118 valence electrons.